The molecular formula is C15H16BrClN2O3S. The Morgan fingerprint density at radius 2 is 2.22 bits per heavy atom. The number of nitrogens with one attached hydrogen (secondary N) is 2. The molecule has 0 aliphatic heterocycles. The average molecular weight is 420 g/mol. The third-order valence-electron chi connectivity index (χ3n) is 3.23. The monoisotopic (exact) mass is 418 g/mol. The fourth-order valence-electron chi connectivity index (χ4n) is 2.15. The summed E-state index contributed by atoms with van der Waals surface area (Å²) in [6.07, 6.45) is 3.20. The Balaban J connectivity index is 2.32. The SMILES string of the molecule is CSC[C@](C)(O)CNC(=O)c1c[nH]c2c(Cl)cc(Br)cc2c1=O. The van der Waals surface area contributed by atoms with Crippen molar-refractivity contribution in [2.45, 2.75) is 12.5 Å². The van der Waals surface area contributed by atoms with Gasteiger partial charge >= 0.3 is 0 Å². The van der Waals surface area contributed by atoms with E-state index >= 15 is 0 Å². The van der Waals surface area contributed by atoms with E-state index in [1.165, 1.54) is 18.0 Å². The van der Waals surface area contributed by atoms with Crippen LogP contribution in [0, 0.1) is 0 Å². The molecule has 2 aromatic rings. The largest absolute Gasteiger partial charge is 0.387 e. The minimum absolute atomic E-state index is 0.0216. The van der Waals surface area contributed by atoms with E-state index in [4.69, 9.17) is 11.6 Å². The summed E-state index contributed by atoms with van der Waals surface area (Å²) in [5.74, 6) is -0.0604. The van der Waals surface area contributed by atoms with Crippen LogP contribution in [0.1, 0.15) is 17.3 Å². The molecule has 0 aliphatic rings. The van der Waals surface area contributed by atoms with E-state index in [9.17, 15) is 14.7 Å². The van der Waals surface area contributed by atoms with Gasteiger partial charge in [0.1, 0.15) is 5.56 Å². The highest BCUT2D eigenvalue weighted by molar-refractivity contribution is 9.10. The molecule has 1 heterocycles. The Kier molecular flexibility index (Phi) is 5.78. The van der Waals surface area contributed by atoms with Crippen molar-refractivity contribution in [2.75, 3.05) is 18.6 Å². The van der Waals surface area contributed by atoms with Crippen molar-refractivity contribution < 1.29 is 9.90 Å². The number of thioether (sulfide) groups is 1. The zero-order valence-electron chi connectivity index (χ0n) is 12.6. The minimum atomic E-state index is -1.04. The molecule has 0 radical (unpaired) electrons. The molecule has 1 aromatic carbocycles. The lowest BCUT2D eigenvalue weighted by Crippen LogP contribution is -2.43. The molecule has 1 amide bonds. The molecule has 0 saturated carbocycles. The zero-order valence-corrected chi connectivity index (χ0v) is 15.7. The smallest absolute Gasteiger partial charge is 0.256 e. The molecule has 3 N–H and O–H groups in total. The van der Waals surface area contributed by atoms with E-state index in [0.717, 1.165) is 0 Å². The van der Waals surface area contributed by atoms with Gasteiger partial charge in [0.05, 0.1) is 16.1 Å². The number of fused-ring (bicyclic) bond motifs is 1. The number of hydrogen-bond acceptors (Lipinski definition) is 4. The quantitative estimate of drug-likeness (QED) is 0.696. The van der Waals surface area contributed by atoms with Crippen LogP contribution in [0.5, 0.6) is 0 Å². The molecule has 0 unspecified atom stereocenters. The molecule has 0 saturated heterocycles. The number of hydrogen-bond donors (Lipinski definition) is 3. The van der Waals surface area contributed by atoms with Gasteiger partial charge in [-0.2, -0.15) is 11.8 Å². The van der Waals surface area contributed by atoms with Gasteiger partial charge in [0.15, 0.2) is 0 Å². The van der Waals surface area contributed by atoms with Gasteiger partial charge in [-0.3, -0.25) is 9.59 Å². The number of pyridine rings is 1. The van der Waals surface area contributed by atoms with Gasteiger partial charge in [-0.05, 0) is 25.3 Å². The number of aliphatic hydroxyl groups is 1. The third-order valence-corrected chi connectivity index (χ3v) is 4.90. The van der Waals surface area contributed by atoms with Crippen LogP contribution in [0.3, 0.4) is 0 Å². The van der Waals surface area contributed by atoms with Gasteiger partial charge < -0.3 is 15.4 Å². The van der Waals surface area contributed by atoms with Gasteiger partial charge in [0.25, 0.3) is 5.91 Å². The molecule has 0 fully saturated rings. The van der Waals surface area contributed by atoms with Crippen molar-refractivity contribution in [1.82, 2.24) is 10.3 Å². The van der Waals surface area contributed by atoms with Crippen LogP contribution in [0.25, 0.3) is 10.9 Å². The molecule has 1 atom stereocenters. The Bertz CT molecular complexity index is 807. The lowest BCUT2D eigenvalue weighted by molar-refractivity contribution is 0.0724. The van der Waals surface area contributed by atoms with Crippen molar-refractivity contribution in [3.05, 3.63) is 43.6 Å². The van der Waals surface area contributed by atoms with E-state index < -0.39 is 16.9 Å². The first-order chi connectivity index (χ1) is 10.7. The van der Waals surface area contributed by atoms with Crippen LogP contribution in [-0.4, -0.2) is 40.2 Å². The van der Waals surface area contributed by atoms with Crippen LogP contribution in [-0.2, 0) is 0 Å². The summed E-state index contributed by atoms with van der Waals surface area (Å²) in [5, 5.41) is 13.4. The second-order valence-electron chi connectivity index (χ2n) is 5.45. The number of amides is 1. The molecule has 1 aromatic heterocycles. The predicted molar refractivity (Wildman–Crippen MR) is 98.6 cm³/mol. The van der Waals surface area contributed by atoms with Gasteiger partial charge in [-0.1, -0.05) is 27.5 Å². The van der Waals surface area contributed by atoms with Crippen LogP contribution >= 0.6 is 39.3 Å². The fourth-order valence-corrected chi connectivity index (χ4v) is 3.74. The van der Waals surface area contributed by atoms with Crippen molar-refractivity contribution >= 4 is 56.1 Å². The summed E-state index contributed by atoms with van der Waals surface area (Å²) in [5.41, 5.74) is -0.994. The van der Waals surface area contributed by atoms with Gasteiger partial charge in [-0.15, -0.1) is 0 Å². The van der Waals surface area contributed by atoms with Crippen molar-refractivity contribution in [1.29, 1.82) is 0 Å². The first-order valence-corrected chi connectivity index (χ1v) is 9.31. The van der Waals surface area contributed by atoms with Gasteiger partial charge in [-0.25, -0.2) is 0 Å². The summed E-state index contributed by atoms with van der Waals surface area (Å²) in [4.78, 5) is 27.6. The van der Waals surface area contributed by atoms with Crippen LogP contribution in [0.15, 0.2) is 27.6 Å². The first-order valence-electron chi connectivity index (χ1n) is 6.75. The lowest BCUT2D eigenvalue weighted by atomic mass is 10.1. The Hall–Kier alpha value is -1.02. The normalized spacial score (nSPS) is 13.8. The maximum absolute atomic E-state index is 12.5. The molecule has 0 bridgehead atoms. The number of rotatable bonds is 5. The molecule has 2 rings (SSSR count). The molecule has 5 nitrogen and oxygen atoms in total. The summed E-state index contributed by atoms with van der Waals surface area (Å²) in [6, 6.07) is 3.28. The average Bonchev–Trinajstić information content (AvgIpc) is 2.46. The number of carbonyl (C=O) groups excluding carboxylic acids is 1. The van der Waals surface area contributed by atoms with Crippen molar-refractivity contribution in [3.63, 3.8) is 0 Å². The van der Waals surface area contributed by atoms with Crippen molar-refractivity contribution in [3.8, 4) is 0 Å². The van der Waals surface area contributed by atoms with Crippen LogP contribution < -0.4 is 10.7 Å². The lowest BCUT2D eigenvalue weighted by Gasteiger charge is -2.22. The Labute approximate surface area is 150 Å². The highest BCUT2D eigenvalue weighted by atomic mass is 79.9. The summed E-state index contributed by atoms with van der Waals surface area (Å²) >= 11 is 10.8. The Morgan fingerprint density at radius 1 is 1.52 bits per heavy atom. The molecule has 23 heavy (non-hydrogen) atoms. The molecule has 124 valence electrons. The Morgan fingerprint density at radius 3 is 2.87 bits per heavy atom. The van der Waals surface area contributed by atoms with Crippen molar-refractivity contribution in [2.24, 2.45) is 0 Å². The number of halogens is 2. The predicted octanol–water partition coefficient (Wildman–Crippen LogP) is 2.79. The summed E-state index contributed by atoms with van der Waals surface area (Å²) in [6.45, 7) is 1.69. The van der Waals surface area contributed by atoms with E-state index in [0.29, 0.717) is 26.2 Å². The summed E-state index contributed by atoms with van der Waals surface area (Å²) in [7, 11) is 0. The number of benzene rings is 1. The highest BCUT2D eigenvalue weighted by Gasteiger charge is 2.22. The number of aromatic amines is 1. The molecule has 0 aliphatic carbocycles. The molecule has 8 heteroatoms. The maximum atomic E-state index is 12.5. The second-order valence-corrected chi connectivity index (χ2v) is 7.64. The number of carbonyl (C=O) groups is 1. The van der Waals surface area contributed by atoms with Crippen LogP contribution in [0.4, 0.5) is 0 Å². The zero-order chi connectivity index (χ0) is 17.2. The van der Waals surface area contributed by atoms with Gasteiger partial charge in [0.2, 0.25) is 5.43 Å². The maximum Gasteiger partial charge on any atom is 0.256 e. The van der Waals surface area contributed by atoms with Gasteiger partial charge in [0, 0.05) is 28.4 Å². The van der Waals surface area contributed by atoms with E-state index in [2.05, 4.69) is 26.2 Å². The highest BCUT2D eigenvalue weighted by Crippen LogP contribution is 2.24. The topological polar surface area (TPSA) is 82.2 Å². The van der Waals surface area contributed by atoms with E-state index in [1.807, 2.05) is 6.26 Å². The molecule has 0 spiro atoms. The summed E-state index contributed by atoms with van der Waals surface area (Å²) < 4.78 is 0.654. The minimum Gasteiger partial charge on any atom is -0.387 e. The standard InChI is InChI=1S/C15H16BrClN2O3S/c1-15(22,7-23-2)6-19-14(21)10-5-18-12-9(13(10)20)3-8(16)4-11(12)17/h3-5,22H,6-7H2,1-2H3,(H,18,20)(H,19,21)/t15-/m1/s1. The first kappa shape index (κ1) is 18.3. The number of aromatic nitrogens is 1. The third kappa shape index (κ3) is 4.29. The van der Waals surface area contributed by atoms with E-state index in [-0.39, 0.29) is 12.1 Å². The second kappa shape index (κ2) is 7.25. The van der Waals surface area contributed by atoms with E-state index in [1.54, 1.807) is 19.1 Å². The number of H-pyrrole nitrogens is 1. The molecular weight excluding hydrogens is 404 g/mol. The fraction of sp³-hybridized carbons (Fsp3) is 0.333. The van der Waals surface area contributed by atoms with Crippen LogP contribution in [0.2, 0.25) is 5.02 Å².